The molecule has 0 unspecified atom stereocenters. The molecule has 110 valence electrons. The fraction of sp³-hybridized carbons (Fsp3) is 0.286. The van der Waals surface area contributed by atoms with Crippen molar-refractivity contribution < 1.29 is 19.2 Å². The minimum absolute atomic E-state index is 0.0309. The maximum Gasteiger partial charge on any atom is 0.334 e. The van der Waals surface area contributed by atoms with E-state index in [-0.39, 0.29) is 19.5 Å². The van der Waals surface area contributed by atoms with Crippen molar-refractivity contribution >= 4 is 23.8 Å². The number of amides is 5. The number of nitrogens with zero attached hydrogens (tertiary/aromatic N) is 2. The summed E-state index contributed by atoms with van der Waals surface area (Å²) in [5, 5.41) is 0. The Hall–Kier alpha value is -2.70. The summed E-state index contributed by atoms with van der Waals surface area (Å²) in [7, 11) is 0. The van der Waals surface area contributed by atoms with Gasteiger partial charge in [0, 0.05) is 13.0 Å². The Labute approximate surface area is 121 Å². The number of carbonyl (C=O) groups is 4. The van der Waals surface area contributed by atoms with Crippen molar-refractivity contribution in [2.45, 2.75) is 19.9 Å². The van der Waals surface area contributed by atoms with E-state index in [0.717, 1.165) is 20.9 Å². The number of hydrogen-bond acceptors (Lipinski definition) is 4. The number of carbonyl (C=O) groups excluding carboxylic acids is 4. The smallest absolute Gasteiger partial charge is 0.334 e. The predicted molar refractivity (Wildman–Crippen MR) is 72.6 cm³/mol. The molecule has 21 heavy (non-hydrogen) atoms. The fourth-order valence-electron chi connectivity index (χ4n) is 2.07. The number of imide groups is 2. The molecule has 0 radical (unpaired) electrons. The Morgan fingerprint density at radius 2 is 1.71 bits per heavy atom. The van der Waals surface area contributed by atoms with Gasteiger partial charge in [-0.2, -0.15) is 0 Å². The van der Waals surface area contributed by atoms with Crippen LogP contribution in [0.5, 0.6) is 0 Å². The maximum atomic E-state index is 12.1. The van der Waals surface area contributed by atoms with E-state index in [0.29, 0.717) is 0 Å². The van der Waals surface area contributed by atoms with Gasteiger partial charge in [0.2, 0.25) is 5.91 Å². The first-order valence-corrected chi connectivity index (χ1v) is 6.42. The van der Waals surface area contributed by atoms with Gasteiger partial charge in [-0.3, -0.25) is 24.2 Å². The van der Waals surface area contributed by atoms with Gasteiger partial charge in [0.25, 0.3) is 0 Å². The molecule has 5 amide bonds. The van der Waals surface area contributed by atoms with Gasteiger partial charge in [-0.05, 0) is 18.1 Å². The fourth-order valence-corrected chi connectivity index (χ4v) is 2.07. The Bertz CT molecular complexity index is 626. The number of nitrogens with two attached hydrogens (primary N) is 1. The summed E-state index contributed by atoms with van der Waals surface area (Å²) >= 11 is 0. The first-order chi connectivity index (χ1) is 9.91. The van der Waals surface area contributed by atoms with Crippen LogP contribution >= 0.6 is 0 Å². The monoisotopic (exact) mass is 289 g/mol. The molecule has 0 spiro atoms. The van der Waals surface area contributed by atoms with Crippen LogP contribution in [0.2, 0.25) is 0 Å². The molecule has 1 aliphatic rings. The predicted octanol–water partition coefficient (Wildman–Crippen LogP) is 0.161. The van der Waals surface area contributed by atoms with Crippen LogP contribution in [0.3, 0.4) is 0 Å². The molecule has 0 aromatic heterocycles. The number of primary amides is 1. The van der Waals surface area contributed by atoms with Gasteiger partial charge in [0.1, 0.15) is 0 Å². The van der Waals surface area contributed by atoms with Gasteiger partial charge < -0.3 is 5.73 Å². The molecular weight excluding hydrogens is 274 g/mol. The molecule has 2 rings (SSSR count). The second kappa shape index (κ2) is 5.74. The van der Waals surface area contributed by atoms with Crippen LogP contribution in [-0.4, -0.2) is 40.1 Å². The standard InChI is InChI=1S/C14H15N3O4/c1-9-4-2-3-5-10(9)8-17-13(20)12(19)16(14(17)21)7-6-11(15)18/h2-5H,6-8H2,1H3,(H2,15,18). The van der Waals surface area contributed by atoms with Crippen LogP contribution in [-0.2, 0) is 20.9 Å². The van der Waals surface area contributed by atoms with Gasteiger partial charge in [0.05, 0.1) is 6.54 Å². The SMILES string of the molecule is Cc1ccccc1CN1C(=O)C(=O)N(CCC(N)=O)C1=O. The third-order valence-electron chi connectivity index (χ3n) is 3.31. The molecule has 1 aromatic carbocycles. The molecule has 1 fully saturated rings. The van der Waals surface area contributed by atoms with Gasteiger partial charge in [-0.15, -0.1) is 0 Å². The van der Waals surface area contributed by atoms with E-state index in [2.05, 4.69) is 0 Å². The molecule has 2 N–H and O–H groups in total. The molecule has 1 heterocycles. The zero-order chi connectivity index (χ0) is 15.6. The van der Waals surface area contributed by atoms with Crippen LogP contribution in [0.4, 0.5) is 4.79 Å². The van der Waals surface area contributed by atoms with E-state index in [1.54, 1.807) is 12.1 Å². The van der Waals surface area contributed by atoms with Crippen molar-refractivity contribution in [3.63, 3.8) is 0 Å². The van der Waals surface area contributed by atoms with E-state index in [1.807, 2.05) is 19.1 Å². The summed E-state index contributed by atoms with van der Waals surface area (Å²) in [5.74, 6) is -2.44. The van der Waals surface area contributed by atoms with Crippen molar-refractivity contribution in [3.8, 4) is 0 Å². The Morgan fingerprint density at radius 3 is 2.33 bits per heavy atom. The molecule has 1 saturated heterocycles. The first kappa shape index (κ1) is 14.7. The van der Waals surface area contributed by atoms with Crippen LogP contribution in [0, 0.1) is 6.92 Å². The highest BCUT2D eigenvalue weighted by molar-refractivity contribution is 6.44. The average molecular weight is 289 g/mol. The quantitative estimate of drug-likeness (QED) is 0.616. The largest absolute Gasteiger partial charge is 0.370 e. The van der Waals surface area contributed by atoms with Crippen molar-refractivity contribution in [2.24, 2.45) is 5.73 Å². The Balaban J connectivity index is 2.16. The Morgan fingerprint density at radius 1 is 1.10 bits per heavy atom. The summed E-state index contributed by atoms with van der Waals surface area (Å²) in [6, 6.07) is 6.56. The number of urea groups is 1. The lowest BCUT2D eigenvalue weighted by atomic mass is 10.1. The molecule has 0 bridgehead atoms. The number of aryl methyl sites for hydroxylation is 1. The van der Waals surface area contributed by atoms with Crippen LogP contribution in [0.1, 0.15) is 17.5 Å². The lowest BCUT2D eigenvalue weighted by molar-refractivity contribution is -0.143. The molecule has 7 heteroatoms. The summed E-state index contributed by atoms with van der Waals surface area (Å²) in [5.41, 5.74) is 6.69. The van der Waals surface area contributed by atoms with Gasteiger partial charge in [-0.25, -0.2) is 4.79 Å². The van der Waals surface area contributed by atoms with E-state index in [4.69, 9.17) is 5.73 Å². The van der Waals surface area contributed by atoms with Crippen LogP contribution in [0.15, 0.2) is 24.3 Å². The van der Waals surface area contributed by atoms with E-state index in [9.17, 15) is 19.2 Å². The first-order valence-electron chi connectivity index (χ1n) is 6.42. The second-order valence-electron chi connectivity index (χ2n) is 4.77. The van der Waals surface area contributed by atoms with Crippen molar-refractivity contribution in [1.82, 2.24) is 9.80 Å². The summed E-state index contributed by atoms with van der Waals surface area (Å²) in [6.07, 6.45) is -0.164. The number of benzene rings is 1. The Kier molecular flexibility index (Phi) is 4.02. The molecule has 0 atom stereocenters. The highest BCUT2D eigenvalue weighted by atomic mass is 16.2. The molecular formula is C14H15N3O4. The number of hydrogen-bond donors (Lipinski definition) is 1. The van der Waals surface area contributed by atoms with Gasteiger partial charge in [-0.1, -0.05) is 24.3 Å². The summed E-state index contributed by atoms with van der Waals surface area (Å²) < 4.78 is 0. The van der Waals surface area contributed by atoms with E-state index < -0.39 is 23.8 Å². The second-order valence-corrected chi connectivity index (χ2v) is 4.77. The van der Waals surface area contributed by atoms with Crippen molar-refractivity contribution in [2.75, 3.05) is 6.54 Å². The lowest BCUT2D eigenvalue weighted by Crippen LogP contribution is -2.35. The zero-order valence-corrected chi connectivity index (χ0v) is 11.5. The highest BCUT2D eigenvalue weighted by Crippen LogP contribution is 2.18. The maximum absolute atomic E-state index is 12.1. The highest BCUT2D eigenvalue weighted by Gasteiger charge is 2.44. The zero-order valence-electron chi connectivity index (χ0n) is 11.5. The molecule has 1 aliphatic heterocycles. The molecule has 0 aliphatic carbocycles. The third-order valence-corrected chi connectivity index (χ3v) is 3.31. The summed E-state index contributed by atoms with van der Waals surface area (Å²) in [6.45, 7) is 1.71. The van der Waals surface area contributed by atoms with Crippen molar-refractivity contribution in [3.05, 3.63) is 35.4 Å². The van der Waals surface area contributed by atoms with E-state index >= 15 is 0 Å². The van der Waals surface area contributed by atoms with Gasteiger partial charge >= 0.3 is 17.8 Å². The van der Waals surface area contributed by atoms with Crippen LogP contribution < -0.4 is 5.73 Å². The van der Waals surface area contributed by atoms with E-state index in [1.165, 1.54) is 0 Å². The average Bonchev–Trinajstić information content (AvgIpc) is 2.63. The van der Waals surface area contributed by atoms with Gasteiger partial charge in [0.15, 0.2) is 0 Å². The molecule has 7 nitrogen and oxygen atoms in total. The summed E-state index contributed by atoms with van der Waals surface area (Å²) in [4.78, 5) is 48.2. The van der Waals surface area contributed by atoms with Crippen molar-refractivity contribution in [1.29, 1.82) is 0 Å². The lowest BCUT2D eigenvalue weighted by Gasteiger charge is -2.16. The topological polar surface area (TPSA) is 101 Å². The molecule has 0 saturated carbocycles. The minimum Gasteiger partial charge on any atom is -0.370 e. The normalized spacial score (nSPS) is 15.0. The van der Waals surface area contributed by atoms with Crippen LogP contribution in [0.25, 0.3) is 0 Å². The third kappa shape index (κ3) is 2.91. The number of rotatable bonds is 5. The molecule has 1 aromatic rings. The minimum atomic E-state index is -0.921.